The number of hydrogen-bond acceptors (Lipinski definition) is 2. The first-order chi connectivity index (χ1) is 8.28. The largest absolute Gasteiger partial charge is 0.404 e. The monoisotopic (exact) mass is 260 g/mol. The first-order valence-corrected chi connectivity index (χ1v) is 10.0. The van der Waals surface area contributed by atoms with Crippen LogP contribution in [0.15, 0.2) is 24.3 Å². The van der Waals surface area contributed by atoms with Crippen LogP contribution in [0.1, 0.15) is 29.3 Å². The quantitative estimate of drug-likeness (QED) is 0.762. The Morgan fingerprint density at radius 3 is 2.56 bits per heavy atom. The number of Topliss-reactive ketones (excluding diaryl/α,β-unsaturated/α-hetero) is 1. The van der Waals surface area contributed by atoms with E-state index in [1.165, 1.54) is 5.56 Å². The summed E-state index contributed by atoms with van der Waals surface area (Å²) in [4.78, 5) is 12.8. The Morgan fingerprint density at radius 2 is 1.89 bits per heavy atom. The summed E-state index contributed by atoms with van der Waals surface area (Å²) < 4.78 is 6.30. The Balaban J connectivity index is 2.04. The third-order valence-corrected chi connectivity index (χ3v) is 5.14. The lowest BCUT2D eigenvalue weighted by Crippen LogP contribution is -2.44. The van der Waals surface area contributed by atoms with Crippen LogP contribution in [0.4, 0.5) is 0 Å². The van der Waals surface area contributed by atoms with E-state index in [1.807, 2.05) is 18.2 Å². The van der Waals surface area contributed by atoms with E-state index >= 15 is 0 Å². The number of fused-ring (bicyclic) bond motifs is 2. The highest BCUT2D eigenvalue weighted by atomic mass is 28.4. The highest BCUT2D eigenvalue weighted by Crippen LogP contribution is 2.65. The number of benzene rings is 1. The molecule has 3 heteroatoms. The molecule has 0 saturated heterocycles. The van der Waals surface area contributed by atoms with Crippen molar-refractivity contribution < 1.29 is 9.22 Å². The van der Waals surface area contributed by atoms with Crippen molar-refractivity contribution in [3.05, 3.63) is 35.4 Å². The topological polar surface area (TPSA) is 26.3 Å². The zero-order chi connectivity index (χ0) is 13.2. The predicted octanol–water partition coefficient (Wildman–Crippen LogP) is 3.43. The van der Waals surface area contributed by atoms with Crippen LogP contribution in [0.25, 0.3) is 0 Å². The molecule has 1 aromatic carbocycles. The molecule has 96 valence electrons. The molecule has 0 N–H and O–H groups in total. The fourth-order valence-corrected chi connectivity index (χ4v) is 4.78. The summed E-state index contributed by atoms with van der Waals surface area (Å²) in [5.41, 5.74) is 1.59. The summed E-state index contributed by atoms with van der Waals surface area (Å²) in [5.74, 6) is 0.217. The highest BCUT2D eigenvalue weighted by molar-refractivity contribution is 6.70. The molecule has 2 aliphatic rings. The van der Waals surface area contributed by atoms with E-state index in [4.69, 9.17) is 4.43 Å². The molecule has 1 aromatic rings. The average molecular weight is 260 g/mol. The molecule has 1 fully saturated rings. The summed E-state index contributed by atoms with van der Waals surface area (Å²) in [6, 6.07) is 7.99. The minimum absolute atomic E-state index is 0.0265. The molecule has 18 heavy (non-hydrogen) atoms. The second kappa shape index (κ2) is 3.34. The molecule has 0 radical (unpaired) electrons. The molecular formula is C15H20O2Si. The second-order valence-corrected chi connectivity index (χ2v) is 11.4. The van der Waals surface area contributed by atoms with Gasteiger partial charge in [-0.3, -0.25) is 4.79 Å². The highest BCUT2D eigenvalue weighted by Gasteiger charge is 2.72. The zero-order valence-electron chi connectivity index (χ0n) is 11.5. The number of rotatable bonds is 2. The number of carbonyl (C=O) groups is 1. The number of carbonyl (C=O) groups excluding carboxylic acids is 1. The van der Waals surface area contributed by atoms with Gasteiger partial charge < -0.3 is 4.43 Å². The first-order valence-electron chi connectivity index (χ1n) is 6.60. The molecule has 0 heterocycles. The summed E-state index contributed by atoms with van der Waals surface area (Å²) in [7, 11) is -1.71. The van der Waals surface area contributed by atoms with E-state index in [2.05, 4.69) is 32.6 Å². The Bertz CT molecular complexity index is 532. The predicted molar refractivity (Wildman–Crippen MR) is 74.4 cm³/mol. The number of ketones is 1. The standard InChI is InChI=1S/C15H20O2Si/c1-14-9-11-7-5-6-8-12(11)13(16)15(14,10-14)17-18(2,3)4/h5-8H,9-10H2,1-4H3. The Kier molecular flexibility index (Phi) is 2.25. The minimum Gasteiger partial charge on any atom is -0.404 e. The molecule has 1 saturated carbocycles. The van der Waals surface area contributed by atoms with E-state index in [-0.39, 0.29) is 11.2 Å². The van der Waals surface area contributed by atoms with Crippen LogP contribution in [0.3, 0.4) is 0 Å². The van der Waals surface area contributed by atoms with Gasteiger partial charge in [0.05, 0.1) is 0 Å². The van der Waals surface area contributed by atoms with Crippen LogP contribution < -0.4 is 0 Å². The number of hydrogen-bond donors (Lipinski definition) is 0. The van der Waals surface area contributed by atoms with Crippen molar-refractivity contribution in [3.63, 3.8) is 0 Å². The first kappa shape index (κ1) is 12.1. The molecule has 2 atom stereocenters. The lowest BCUT2D eigenvalue weighted by atomic mass is 9.82. The fourth-order valence-electron chi connectivity index (χ4n) is 3.33. The van der Waals surface area contributed by atoms with E-state index in [1.54, 1.807) is 0 Å². The summed E-state index contributed by atoms with van der Waals surface area (Å²) in [5, 5.41) is 0. The van der Waals surface area contributed by atoms with Gasteiger partial charge in [0.1, 0.15) is 5.60 Å². The van der Waals surface area contributed by atoms with Gasteiger partial charge in [-0.15, -0.1) is 0 Å². The molecule has 0 aliphatic heterocycles. The van der Waals surface area contributed by atoms with E-state index in [9.17, 15) is 4.79 Å². The van der Waals surface area contributed by atoms with Crippen molar-refractivity contribution in [3.8, 4) is 0 Å². The van der Waals surface area contributed by atoms with Crippen molar-refractivity contribution in [1.29, 1.82) is 0 Å². The van der Waals surface area contributed by atoms with Crippen molar-refractivity contribution >= 4 is 14.1 Å². The lowest BCUT2D eigenvalue weighted by molar-refractivity contribution is 0.0607. The second-order valence-electron chi connectivity index (χ2n) is 6.94. The summed E-state index contributed by atoms with van der Waals surface area (Å²) in [6.45, 7) is 8.68. The normalized spacial score (nSPS) is 33.9. The summed E-state index contributed by atoms with van der Waals surface area (Å²) >= 11 is 0. The van der Waals surface area contributed by atoms with Gasteiger partial charge in [0.15, 0.2) is 14.1 Å². The van der Waals surface area contributed by atoms with Gasteiger partial charge in [0.2, 0.25) is 0 Å². The van der Waals surface area contributed by atoms with Gasteiger partial charge in [0.25, 0.3) is 0 Å². The van der Waals surface area contributed by atoms with Crippen LogP contribution in [0.2, 0.25) is 19.6 Å². The maximum atomic E-state index is 12.8. The van der Waals surface area contributed by atoms with Gasteiger partial charge in [-0.2, -0.15) is 0 Å². The van der Waals surface area contributed by atoms with Crippen LogP contribution in [-0.4, -0.2) is 19.7 Å². The van der Waals surface area contributed by atoms with Gasteiger partial charge in [0, 0.05) is 11.0 Å². The third kappa shape index (κ3) is 1.54. The van der Waals surface area contributed by atoms with Crippen LogP contribution in [0.5, 0.6) is 0 Å². The maximum Gasteiger partial charge on any atom is 0.194 e. The van der Waals surface area contributed by atoms with Gasteiger partial charge in [-0.25, -0.2) is 0 Å². The zero-order valence-corrected chi connectivity index (χ0v) is 12.5. The summed E-state index contributed by atoms with van der Waals surface area (Å²) in [6.07, 6.45) is 1.86. The van der Waals surface area contributed by atoms with Gasteiger partial charge >= 0.3 is 0 Å². The SMILES string of the molecule is CC12Cc3ccccc3C(=O)C1(O[Si](C)(C)C)C2. The molecule has 2 aliphatic carbocycles. The van der Waals surface area contributed by atoms with Crippen molar-refractivity contribution in [2.45, 2.75) is 45.0 Å². The van der Waals surface area contributed by atoms with Gasteiger partial charge in [-0.05, 0) is 38.0 Å². The molecule has 0 spiro atoms. The Hall–Kier alpha value is -0.933. The Labute approximate surface area is 109 Å². The smallest absolute Gasteiger partial charge is 0.194 e. The molecular weight excluding hydrogens is 240 g/mol. The molecule has 2 unspecified atom stereocenters. The average Bonchev–Trinajstić information content (AvgIpc) is 2.82. The molecule has 0 bridgehead atoms. The van der Waals surface area contributed by atoms with E-state index < -0.39 is 13.9 Å². The fraction of sp³-hybridized carbons (Fsp3) is 0.533. The third-order valence-electron chi connectivity index (χ3n) is 4.18. The van der Waals surface area contributed by atoms with Crippen LogP contribution in [-0.2, 0) is 10.8 Å². The maximum absolute atomic E-state index is 12.8. The van der Waals surface area contributed by atoms with Crippen molar-refractivity contribution in [1.82, 2.24) is 0 Å². The van der Waals surface area contributed by atoms with Gasteiger partial charge in [-0.1, -0.05) is 31.2 Å². The lowest BCUT2D eigenvalue weighted by Gasteiger charge is -2.33. The van der Waals surface area contributed by atoms with E-state index in [0.717, 1.165) is 18.4 Å². The molecule has 0 amide bonds. The molecule has 2 nitrogen and oxygen atoms in total. The van der Waals surface area contributed by atoms with Crippen molar-refractivity contribution in [2.75, 3.05) is 0 Å². The molecule has 3 rings (SSSR count). The Morgan fingerprint density at radius 1 is 1.22 bits per heavy atom. The van der Waals surface area contributed by atoms with E-state index in [0.29, 0.717) is 0 Å². The van der Waals surface area contributed by atoms with Crippen LogP contribution >= 0.6 is 0 Å². The minimum atomic E-state index is -1.71. The van der Waals surface area contributed by atoms with Crippen LogP contribution in [0, 0.1) is 5.41 Å². The van der Waals surface area contributed by atoms with Crippen molar-refractivity contribution in [2.24, 2.45) is 5.41 Å². The molecule has 0 aromatic heterocycles.